The summed E-state index contributed by atoms with van der Waals surface area (Å²) in [6, 6.07) is 15.6. The zero-order valence-corrected chi connectivity index (χ0v) is 10.3. The summed E-state index contributed by atoms with van der Waals surface area (Å²) in [5, 5.41) is 28.4. The molecular formula is C16H8N2O2. The fourth-order valence-electron chi connectivity index (χ4n) is 2.06. The van der Waals surface area contributed by atoms with E-state index in [1.54, 1.807) is 36.4 Å². The van der Waals surface area contributed by atoms with Crippen molar-refractivity contribution in [3.05, 3.63) is 53.6 Å². The van der Waals surface area contributed by atoms with Gasteiger partial charge in [0.25, 0.3) is 0 Å². The molecule has 1 N–H and O–H groups in total. The van der Waals surface area contributed by atoms with Crippen LogP contribution in [0.2, 0.25) is 0 Å². The van der Waals surface area contributed by atoms with Gasteiger partial charge in [-0.25, -0.2) is 0 Å². The van der Waals surface area contributed by atoms with Gasteiger partial charge in [-0.1, -0.05) is 0 Å². The average Bonchev–Trinajstić information content (AvgIpc) is 2.89. The summed E-state index contributed by atoms with van der Waals surface area (Å²) in [6.45, 7) is 0. The van der Waals surface area contributed by atoms with E-state index in [0.29, 0.717) is 28.0 Å². The minimum atomic E-state index is -0.0105. The molecule has 0 unspecified atom stereocenters. The molecule has 3 rings (SSSR count). The van der Waals surface area contributed by atoms with Gasteiger partial charge in [-0.15, -0.1) is 0 Å². The largest absolute Gasteiger partial charge is 0.507 e. The first kappa shape index (κ1) is 11.8. The third-order valence-electron chi connectivity index (χ3n) is 3.04. The first-order valence-electron chi connectivity index (χ1n) is 5.88. The smallest absolute Gasteiger partial charge is 0.139 e. The molecule has 0 aliphatic rings. The SMILES string of the molecule is N#Cc1ccc(-c2cc3cc(C#N)ccc3o2)c(O)c1. The maximum atomic E-state index is 9.94. The van der Waals surface area contributed by atoms with Gasteiger partial charge >= 0.3 is 0 Å². The molecule has 94 valence electrons. The van der Waals surface area contributed by atoms with Crippen molar-refractivity contribution in [3.63, 3.8) is 0 Å². The lowest BCUT2D eigenvalue weighted by Crippen LogP contribution is -1.78. The van der Waals surface area contributed by atoms with Crippen LogP contribution in [0.15, 0.2) is 46.9 Å². The van der Waals surface area contributed by atoms with Crippen LogP contribution in [0.1, 0.15) is 11.1 Å². The third kappa shape index (κ3) is 1.86. The molecule has 0 aliphatic heterocycles. The summed E-state index contributed by atoms with van der Waals surface area (Å²) >= 11 is 0. The number of phenolic OH excluding ortho intramolecular Hbond substituents is 1. The molecule has 0 amide bonds. The van der Waals surface area contributed by atoms with Gasteiger partial charge in [-0.05, 0) is 42.5 Å². The van der Waals surface area contributed by atoms with Crippen LogP contribution in [0, 0.1) is 22.7 Å². The van der Waals surface area contributed by atoms with E-state index in [-0.39, 0.29) is 5.75 Å². The molecule has 0 atom stereocenters. The standard InChI is InChI=1S/C16H8N2O2/c17-8-10-2-4-15-12(5-10)7-16(20-15)13-3-1-11(9-18)6-14(13)19/h1-7,19H. The van der Waals surface area contributed by atoms with Crippen molar-refractivity contribution in [2.75, 3.05) is 0 Å². The number of hydrogen-bond donors (Lipinski definition) is 1. The van der Waals surface area contributed by atoms with E-state index >= 15 is 0 Å². The maximum Gasteiger partial charge on any atom is 0.139 e. The summed E-state index contributed by atoms with van der Waals surface area (Å²) in [7, 11) is 0. The maximum absolute atomic E-state index is 9.94. The van der Waals surface area contributed by atoms with Crippen LogP contribution in [0.3, 0.4) is 0 Å². The second-order valence-electron chi connectivity index (χ2n) is 4.32. The fourth-order valence-corrected chi connectivity index (χ4v) is 2.06. The highest BCUT2D eigenvalue weighted by Crippen LogP contribution is 2.34. The first-order valence-corrected chi connectivity index (χ1v) is 5.88. The number of furan rings is 1. The molecule has 1 heterocycles. The zero-order chi connectivity index (χ0) is 14.1. The number of nitrogens with zero attached hydrogens (tertiary/aromatic N) is 2. The normalized spacial score (nSPS) is 10.1. The van der Waals surface area contributed by atoms with E-state index in [9.17, 15) is 5.11 Å². The Labute approximate surface area is 114 Å². The molecule has 0 radical (unpaired) electrons. The minimum absolute atomic E-state index is 0.0105. The minimum Gasteiger partial charge on any atom is -0.507 e. The van der Waals surface area contributed by atoms with E-state index in [0.717, 1.165) is 5.39 Å². The highest BCUT2D eigenvalue weighted by molar-refractivity contribution is 5.85. The highest BCUT2D eigenvalue weighted by atomic mass is 16.3. The van der Waals surface area contributed by atoms with E-state index in [1.807, 2.05) is 6.07 Å². The van der Waals surface area contributed by atoms with Crippen molar-refractivity contribution in [2.45, 2.75) is 0 Å². The molecule has 3 aromatic rings. The van der Waals surface area contributed by atoms with Gasteiger partial charge in [-0.3, -0.25) is 0 Å². The van der Waals surface area contributed by atoms with Crippen LogP contribution in [-0.4, -0.2) is 5.11 Å². The monoisotopic (exact) mass is 260 g/mol. The Hall–Kier alpha value is -3.24. The van der Waals surface area contributed by atoms with Gasteiger partial charge in [0, 0.05) is 5.39 Å². The lowest BCUT2D eigenvalue weighted by Gasteiger charge is -2.00. The van der Waals surface area contributed by atoms with Crippen LogP contribution in [0.4, 0.5) is 0 Å². The highest BCUT2D eigenvalue weighted by Gasteiger charge is 2.11. The predicted molar refractivity (Wildman–Crippen MR) is 72.7 cm³/mol. The van der Waals surface area contributed by atoms with Crippen LogP contribution >= 0.6 is 0 Å². The predicted octanol–water partition coefficient (Wildman–Crippen LogP) is 3.55. The number of fused-ring (bicyclic) bond motifs is 1. The number of hydrogen-bond acceptors (Lipinski definition) is 4. The van der Waals surface area contributed by atoms with Crippen molar-refractivity contribution in [2.24, 2.45) is 0 Å². The van der Waals surface area contributed by atoms with E-state index in [4.69, 9.17) is 14.9 Å². The second kappa shape index (κ2) is 4.46. The molecule has 0 spiro atoms. The molecule has 20 heavy (non-hydrogen) atoms. The van der Waals surface area contributed by atoms with Crippen LogP contribution < -0.4 is 0 Å². The number of nitriles is 2. The first-order chi connectivity index (χ1) is 9.71. The Morgan fingerprint density at radius 1 is 0.900 bits per heavy atom. The topological polar surface area (TPSA) is 81.0 Å². The van der Waals surface area contributed by atoms with E-state index in [2.05, 4.69) is 6.07 Å². The molecular weight excluding hydrogens is 252 g/mol. The van der Waals surface area contributed by atoms with Crippen LogP contribution in [0.25, 0.3) is 22.3 Å². The lowest BCUT2D eigenvalue weighted by atomic mass is 10.1. The van der Waals surface area contributed by atoms with Gasteiger partial charge in [0.15, 0.2) is 0 Å². The van der Waals surface area contributed by atoms with E-state index < -0.39 is 0 Å². The van der Waals surface area contributed by atoms with Crippen molar-refractivity contribution < 1.29 is 9.52 Å². The molecule has 0 bridgehead atoms. The van der Waals surface area contributed by atoms with Crippen LogP contribution in [0.5, 0.6) is 5.75 Å². The molecule has 2 aromatic carbocycles. The number of benzene rings is 2. The molecule has 0 aliphatic carbocycles. The van der Waals surface area contributed by atoms with Crippen molar-refractivity contribution in [1.29, 1.82) is 10.5 Å². The summed E-state index contributed by atoms with van der Waals surface area (Å²) in [4.78, 5) is 0. The summed E-state index contributed by atoms with van der Waals surface area (Å²) in [5.41, 5.74) is 2.09. The number of phenols is 1. The number of rotatable bonds is 1. The van der Waals surface area contributed by atoms with Crippen molar-refractivity contribution >= 4 is 11.0 Å². The van der Waals surface area contributed by atoms with Crippen molar-refractivity contribution in [3.8, 4) is 29.2 Å². The van der Waals surface area contributed by atoms with Gasteiger partial charge in [0.05, 0.1) is 28.8 Å². The average molecular weight is 260 g/mol. The Morgan fingerprint density at radius 3 is 2.30 bits per heavy atom. The Balaban J connectivity index is 2.16. The molecule has 4 nitrogen and oxygen atoms in total. The third-order valence-corrected chi connectivity index (χ3v) is 3.04. The Morgan fingerprint density at radius 2 is 1.60 bits per heavy atom. The van der Waals surface area contributed by atoms with Gasteiger partial charge < -0.3 is 9.52 Å². The Kier molecular flexibility index (Phi) is 2.64. The molecule has 0 fully saturated rings. The second-order valence-corrected chi connectivity index (χ2v) is 4.32. The number of aromatic hydroxyl groups is 1. The Bertz CT molecular complexity index is 895. The lowest BCUT2D eigenvalue weighted by molar-refractivity contribution is 0.474. The zero-order valence-electron chi connectivity index (χ0n) is 10.3. The molecule has 1 aromatic heterocycles. The fraction of sp³-hybridized carbons (Fsp3) is 0. The van der Waals surface area contributed by atoms with Gasteiger partial charge in [0.1, 0.15) is 17.1 Å². The molecule has 0 saturated heterocycles. The molecule has 4 heteroatoms. The molecule has 0 saturated carbocycles. The van der Waals surface area contributed by atoms with Gasteiger partial charge in [-0.2, -0.15) is 10.5 Å². The van der Waals surface area contributed by atoms with E-state index in [1.165, 1.54) is 6.07 Å². The van der Waals surface area contributed by atoms with Crippen molar-refractivity contribution in [1.82, 2.24) is 0 Å². The summed E-state index contributed by atoms with van der Waals surface area (Å²) < 4.78 is 5.66. The quantitative estimate of drug-likeness (QED) is 0.725. The summed E-state index contributed by atoms with van der Waals surface area (Å²) in [6.07, 6.45) is 0. The van der Waals surface area contributed by atoms with Crippen LogP contribution in [-0.2, 0) is 0 Å². The summed E-state index contributed by atoms with van der Waals surface area (Å²) in [5.74, 6) is 0.487. The van der Waals surface area contributed by atoms with Gasteiger partial charge in [0.2, 0.25) is 0 Å².